The SMILES string of the molecule is CCc1ccc(C(=O)NC(c2ccccc2)c2ccc3nc(C(F)(F)F)[nH]c3c2)cc1. The maximum atomic E-state index is 13.0. The number of carbonyl (C=O) groups excluding carboxylic acids is 1. The Labute approximate surface area is 177 Å². The Bertz CT molecular complexity index is 1200. The van der Waals surface area contributed by atoms with Crippen LogP contribution in [0.15, 0.2) is 72.8 Å². The number of rotatable bonds is 5. The molecule has 158 valence electrons. The Morgan fingerprint density at radius 1 is 1.00 bits per heavy atom. The molecule has 1 heterocycles. The third-order valence-electron chi connectivity index (χ3n) is 5.14. The smallest absolute Gasteiger partial charge is 0.341 e. The number of aryl methyl sites for hydroxylation is 1. The number of hydrogen-bond acceptors (Lipinski definition) is 2. The van der Waals surface area contributed by atoms with Gasteiger partial charge in [-0.2, -0.15) is 13.2 Å². The normalized spacial score (nSPS) is 12.6. The van der Waals surface area contributed by atoms with Crippen LogP contribution in [0.2, 0.25) is 0 Å². The predicted octanol–water partition coefficient (Wildman–Crippen LogP) is 5.66. The first-order chi connectivity index (χ1) is 14.8. The molecule has 0 spiro atoms. The molecule has 3 aromatic carbocycles. The van der Waals surface area contributed by atoms with Gasteiger partial charge in [0, 0.05) is 5.56 Å². The molecule has 0 fully saturated rings. The van der Waals surface area contributed by atoms with Crippen molar-refractivity contribution in [2.75, 3.05) is 0 Å². The van der Waals surface area contributed by atoms with Gasteiger partial charge in [-0.25, -0.2) is 4.98 Å². The van der Waals surface area contributed by atoms with Crippen molar-refractivity contribution >= 4 is 16.9 Å². The summed E-state index contributed by atoms with van der Waals surface area (Å²) < 4.78 is 39.0. The number of fused-ring (bicyclic) bond motifs is 1. The second kappa shape index (κ2) is 8.26. The van der Waals surface area contributed by atoms with Crippen LogP contribution in [-0.2, 0) is 12.6 Å². The number of amides is 1. The standard InChI is InChI=1S/C24H20F3N3O/c1-2-15-8-10-17(11-9-15)22(31)30-21(16-6-4-3-5-7-16)18-12-13-19-20(14-18)29-23(28-19)24(25,26)27/h3-14,21H,2H2,1H3,(H,28,29)(H,30,31). The van der Waals surface area contributed by atoms with Gasteiger partial charge in [0.1, 0.15) is 0 Å². The number of H-pyrrole nitrogens is 1. The Hall–Kier alpha value is -3.61. The summed E-state index contributed by atoms with van der Waals surface area (Å²) in [5, 5.41) is 3.01. The lowest BCUT2D eigenvalue weighted by Gasteiger charge is -2.20. The molecule has 1 amide bonds. The minimum Gasteiger partial charge on any atom is -0.341 e. The largest absolute Gasteiger partial charge is 0.449 e. The van der Waals surface area contributed by atoms with E-state index in [1.54, 1.807) is 24.3 Å². The fourth-order valence-electron chi connectivity index (χ4n) is 3.45. The summed E-state index contributed by atoms with van der Waals surface area (Å²) in [6, 6.07) is 20.9. The molecule has 4 aromatic rings. The molecule has 1 unspecified atom stereocenters. The lowest BCUT2D eigenvalue weighted by atomic mass is 9.97. The second-order valence-corrected chi connectivity index (χ2v) is 7.23. The molecular weight excluding hydrogens is 403 g/mol. The fraction of sp³-hybridized carbons (Fsp3) is 0.167. The molecule has 31 heavy (non-hydrogen) atoms. The van der Waals surface area contributed by atoms with Crippen LogP contribution in [0.1, 0.15) is 45.8 Å². The van der Waals surface area contributed by atoms with Gasteiger partial charge in [0.2, 0.25) is 5.82 Å². The van der Waals surface area contributed by atoms with Crippen molar-refractivity contribution in [3.63, 3.8) is 0 Å². The zero-order valence-corrected chi connectivity index (χ0v) is 16.7. The topological polar surface area (TPSA) is 57.8 Å². The van der Waals surface area contributed by atoms with Crippen molar-refractivity contribution in [3.05, 3.63) is 101 Å². The summed E-state index contributed by atoms with van der Waals surface area (Å²) in [6.45, 7) is 2.04. The van der Waals surface area contributed by atoms with Crippen LogP contribution in [0.5, 0.6) is 0 Å². The van der Waals surface area contributed by atoms with E-state index in [2.05, 4.69) is 15.3 Å². The van der Waals surface area contributed by atoms with E-state index in [1.807, 2.05) is 49.4 Å². The van der Waals surface area contributed by atoms with Crippen molar-refractivity contribution in [1.29, 1.82) is 0 Å². The molecule has 1 atom stereocenters. The van der Waals surface area contributed by atoms with Crippen LogP contribution in [0, 0.1) is 0 Å². The van der Waals surface area contributed by atoms with Gasteiger partial charge >= 0.3 is 6.18 Å². The van der Waals surface area contributed by atoms with E-state index in [0.29, 0.717) is 11.1 Å². The van der Waals surface area contributed by atoms with Gasteiger partial charge in [-0.3, -0.25) is 4.79 Å². The van der Waals surface area contributed by atoms with Crippen molar-refractivity contribution in [2.45, 2.75) is 25.6 Å². The van der Waals surface area contributed by atoms with E-state index in [9.17, 15) is 18.0 Å². The second-order valence-electron chi connectivity index (χ2n) is 7.23. The van der Waals surface area contributed by atoms with E-state index < -0.39 is 18.0 Å². The van der Waals surface area contributed by atoms with Crippen molar-refractivity contribution < 1.29 is 18.0 Å². The van der Waals surface area contributed by atoms with Gasteiger partial charge in [0.15, 0.2) is 0 Å². The Morgan fingerprint density at radius 2 is 1.71 bits per heavy atom. The van der Waals surface area contributed by atoms with E-state index in [0.717, 1.165) is 17.5 Å². The van der Waals surface area contributed by atoms with Gasteiger partial charge < -0.3 is 10.3 Å². The molecule has 0 aliphatic carbocycles. The number of benzene rings is 3. The molecular formula is C24H20F3N3O. The minimum absolute atomic E-state index is 0.212. The summed E-state index contributed by atoms with van der Waals surface area (Å²) in [4.78, 5) is 18.9. The zero-order chi connectivity index (χ0) is 22.0. The lowest BCUT2D eigenvalue weighted by molar-refractivity contribution is -0.144. The van der Waals surface area contributed by atoms with Gasteiger partial charge in [-0.15, -0.1) is 0 Å². The third kappa shape index (κ3) is 4.45. The van der Waals surface area contributed by atoms with Crippen LogP contribution in [-0.4, -0.2) is 15.9 Å². The number of halogens is 3. The van der Waals surface area contributed by atoms with Crippen LogP contribution in [0.3, 0.4) is 0 Å². The minimum atomic E-state index is -4.56. The molecule has 0 saturated carbocycles. The summed E-state index contributed by atoms with van der Waals surface area (Å²) in [5.74, 6) is -1.31. The number of carbonyl (C=O) groups is 1. The first-order valence-electron chi connectivity index (χ1n) is 9.87. The molecule has 0 radical (unpaired) electrons. The van der Waals surface area contributed by atoms with Crippen molar-refractivity contribution in [3.8, 4) is 0 Å². The van der Waals surface area contributed by atoms with Crippen LogP contribution < -0.4 is 5.32 Å². The number of imidazole rings is 1. The Balaban J connectivity index is 1.70. The predicted molar refractivity (Wildman–Crippen MR) is 113 cm³/mol. The quantitative estimate of drug-likeness (QED) is 0.435. The maximum Gasteiger partial charge on any atom is 0.449 e. The number of hydrogen-bond donors (Lipinski definition) is 2. The van der Waals surface area contributed by atoms with Gasteiger partial charge in [0.25, 0.3) is 5.91 Å². The third-order valence-corrected chi connectivity index (χ3v) is 5.14. The van der Waals surface area contributed by atoms with Crippen molar-refractivity contribution in [1.82, 2.24) is 15.3 Å². The van der Waals surface area contributed by atoms with E-state index >= 15 is 0 Å². The number of nitrogens with zero attached hydrogens (tertiary/aromatic N) is 1. The highest BCUT2D eigenvalue weighted by atomic mass is 19.4. The molecule has 0 aliphatic rings. The van der Waals surface area contributed by atoms with E-state index in [1.165, 1.54) is 6.07 Å². The zero-order valence-electron chi connectivity index (χ0n) is 16.7. The first kappa shape index (κ1) is 20.7. The fourth-order valence-corrected chi connectivity index (χ4v) is 3.45. The number of aromatic amines is 1. The molecule has 0 saturated heterocycles. The molecule has 4 nitrogen and oxygen atoms in total. The highest BCUT2D eigenvalue weighted by molar-refractivity contribution is 5.94. The van der Waals surface area contributed by atoms with E-state index in [-0.39, 0.29) is 16.9 Å². The molecule has 0 bridgehead atoms. The number of alkyl halides is 3. The molecule has 2 N–H and O–H groups in total. The monoisotopic (exact) mass is 423 g/mol. The van der Waals surface area contributed by atoms with Gasteiger partial charge in [-0.05, 0) is 47.4 Å². The first-order valence-corrected chi connectivity index (χ1v) is 9.87. The Kier molecular flexibility index (Phi) is 5.50. The summed E-state index contributed by atoms with van der Waals surface area (Å²) in [6.07, 6.45) is -3.68. The van der Waals surface area contributed by atoms with Gasteiger partial charge in [-0.1, -0.05) is 55.5 Å². The highest BCUT2D eigenvalue weighted by Crippen LogP contribution is 2.30. The van der Waals surface area contributed by atoms with Gasteiger partial charge in [0.05, 0.1) is 17.1 Å². The van der Waals surface area contributed by atoms with Crippen LogP contribution >= 0.6 is 0 Å². The summed E-state index contributed by atoms with van der Waals surface area (Å²) >= 11 is 0. The maximum absolute atomic E-state index is 13.0. The molecule has 7 heteroatoms. The van der Waals surface area contributed by atoms with Crippen molar-refractivity contribution in [2.24, 2.45) is 0 Å². The summed E-state index contributed by atoms with van der Waals surface area (Å²) in [7, 11) is 0. The number of aromatic nitrogens is 2. The average molecular weight is 423 g/mol. The highest BCUT2D eigenvalue weighted by Gasteiger charge is 2.34. The molecule has 0 aliphatic heterocycles. The van der Waals surface area contributed by atoms with Crippen LogP contribution in [0.25, 0.3) is 11.0 Å². The molecule has 4 rings (SSSR count). The molecule has 1 aromatic heterocycles. The lowest BCUT2D eigenvalue weighted by Crippen LogP contribution is -2.29. The summed E-state index contributed by atoms with van der Waals surface area (Å²) in [5.41, 5.74) is 3.57. The average Bonchev–Trinajstić information content (AvgIpc) is 3.22. The number of nitrogens with one attached hydrogen (secondary N) is 2. The van der Waals surface area contributed by atoms with Crippen LogP contribution in [0.4, 0.5) is 13.2 Å². The Morgan fingerprint density at radius 3 is 2.35 bits per heavy atom. The van der Waals surface area contributed by atoms with E-state index in [4.69, 9.17) is 0 Å².